The van der Waals surface area contributed by atoms with Gasteiger partial charge in [-0.1, -0.05) is 24.0 Å². The molecule has 0 aliphatic carbocycles. The zero-order valence-corrected chi connectivity index (χ0v) is 11.2. The molecule has 0 aromatic heterocycles. The van der Waals surface area contributed by atoms with E-state index in [1.165, 1.54) is 0 Å². The van der Waals surface area contributed by atoms with Crippen LogP contribution in [0.3, 0.4) is 0 Å². The van der Waals surface area contributed by atoms with Crippen molar-refractivity contribution in [1.29, 1.82) is 5.26 Å². The molecule has 1 unspecified atom stereocenters. The maximum atomic E-state index is 11.5. The van der Waals surface area contributed by atoms with E-state index < -0.39 is 21.8 Å². The summed E-state index contributed by atoms with van der Waals surface area (Å²) in [5, 5.41) is 17.0. The first-order valence-corrected chi connectivity index (χ1v) is 7.20. The van der Waals surface area contributed by atoms with Gasteiger partial charge in [0, 0.05) is 11.6 Å². The predicted octanol–water partition coefficient (Wildman–Crippen LogP) is 0.534. The van der Waals surface area contributed by atoms with E-state index in [2.05, 4.69) is 16.6 Å². The fourth-order valence-electron chi connectivity index (χ4n) is 1.49. The van der Waals surface area contributed by atoms with Crippen molar-refractivity contribution in [3.8, 4) is 17.9 Å². The molecule has 1 aromatic carbocycles. The fourth-order valence-corrected chi connectivity index (χ4v) is 2.42. The molecule has 0 amide bonds. The molecule has 0 fully saturated rings. The van der Waals surface area contributed by atoms with E-state index in [0.29, 0.717) is 5.56 Å². The molecule has 0 aliphatic rings. The first-order chi connectivity index (χ1) is 8.98. The van der Waals surface area contributed by atoms with Gasteiger partial charge >= 0.3 is 0 Å². The van der Waals surface area contributed by atoms with Gasteiger partial charge in [-0.25, -0.2) is 13.1 Å². The lowest BCUT2D eigenvalue weighted by Crippen LogP contribution is -2.28. The SMILES string of the molecule is CC(NS(=O)(=O)CC#N)c1cccc(C#CCO)c1. The molecule has 6 heteroatoms. The number of aliphatic hydroxyl groups is 1. The number of sulfonamides is 1. The molecule has 0 bridgehead atoms. The van der Waals surface area contributed by atoms with Crippen LogP contribution in [0.5, 0.6) is 0 Å². The van der Waals surface area contributed by atoms with Gasteiger partial charge in [-0.3, -0.25) is 0 Å². The first-order valence-electron chi connectivity index (χ1n) is 5.55. The Balaban J connectivity index is 2.89. The van der Waals surface area contributed by atoms with E-state index in [1.54, 1.807) is 37.3 Å². The Kier molecular flexibility index (Phi) is 5.53. The maximum Gasteiger partial charge on any atom is 0.225 e. The fraction of sp³-hybridized carbons (Fsp3) is 0.308. The molecule has 100 valence electrons. The summed E-state index contributed by atoms with van der Waals surface area (Å²) in [6.45, 7) is 1.46. The van der Waals surface area contributed by atoms with Crippen LogP contribution >= 0.6 is 0 Å². The van der Waals surface area contributed by atoms with Gasteiger partial charge in [0.25, 0.3) is 0 Å². The van der Waals surface area contributed by atoms with Crippen LogP contribution in [-0.2, 0) is 10.0 Å². The average molecular weight is 278 g/mol. The maximum absolute atomic E-state index is 11.5. The normalized spacial score (nSPS) is 12.1. The molecule has 1 rings (SSSR count). The average Bonchev–Trinajstić information content (AvgIpc) is 2.36. The van der Waals surface area contributed by atoms with E-state index in [1.807, 2.05) is 0 Å². The third-order valence-corrected chi connectivity index (χ3v) is 3.53. The van der Waals surface area contributed by atoms with Crippen molar-refractivity contribution in [3.63, 3.8) is 0 Å². The standard InChI is InChI=1S/C13H14N2O3S/c1-11(15-19(17,18)9-7-14)13-6-2-4-12(10-13)5-3-8-16/h2,4,6,10-11,15-16H,8-9H2,1H3. The van der Waals surface area contributed by atoms with E-state index in [9.17, 15) is 8.42 Å². The smallest absolute Gasteiger partial charge is 0.225 e. The van der Waals surface area contributed by atoms with Gasteiger partial charge in [0.2, 0.25) is 10.0 Å². The third-order valence-electron chi connectivity index (χ3n) is 2.31. The van der Waals surface area contributed by atoms with E-state index in [0.717, 1.165) is 5.56 Å². The summed E-state index contributed by atoms with van der Waals surface area (Å²) in [7, 11) is -3.60. The van der Waals surface area contributed by atoms with Gasteiger partial charge in [-0.2, -0.15) is 5.26 Å². The summed E-state index contributed by atoms with van der Waals surface area (Å²) in [5.74, 6) is 4.70. The Morgan fingerprint density at radius 1 is 1.47 bits per heavy atom. The molecule has 5 nitrogen and oxygen atoms in total. The van der Waals surface area contributed by atoms with Gasteiger partial charge in [-0.15, -0.1) is 0 Å². The largest absolute Gasteiger partial charge is 0.384 e. The number of nitriles is 1. The monoisotopic (exact) mass is 278 g/mol. The topological polar surface area (TPSA) is 90.2 Å². The number of aliphatic hydroxyl groups excluding tert-OH is 1. The van der Waals surface area contributed by atoms with Gasteiger partial charge in [0.15, 0.2) is 5.75 Å². The van der Waals surface area contributed by atoms with Crippen molar-refractivity contribution in [3.05, 3.63) is 35.4 Å². The Bertz CT molecular complexity index is 636. The minimum absolute atomic E-state index is 0.228. The van der Waals surface area contributed by atoms with Crippen LogP contribution in [0.15, 0.2) is 24.3 Å². The molecule has 0 radical (unpaired) electrons. The molecule has 0 aliphatic heterocycles. The highest BCUT2D eigenvalue weighted by atomic mass is 32.2. The number of hydrogen-bond donors (Lipinski definition) is 2. The minimum Gasteiger partial charge on any atom is -0.384 e. The van der Waals surface area contributed by atoms with Gasteiger partial charge in [0.1, 0.15) is 6.61 Å². The van der Waals surface area contributed by atoms with Crippen LogP contribution in [0, 0.1) is 23.2 Å². The molecular formula is C13H14N2O3S. The number of rotatable bonds is 4. The number of nitrogens with one attached hydrogen (secondary N) is 1. The summed E-state index contributed by atoms with van der Waals surface area (Å²) in [5.41, 5.74) is 1.43. The molecule has 0 saturated carbocycles. The van der Waals surface area contributed by atoms with Crippen molar-refractivity contribution < 1.29 is 13.5 Å². The molecule has 2 N–H and O–H groups in total. The zero-order chi connectivity index (χ0) is 14.3. The molecule has 19 heavy (non-hydrogen) atoms. The minimum atomic E-state index is -3.60. The zero-order valence-electron chi connectivity index (χ0n) is 10.4. The van der Waals surface area contributed by atoms with E-state index >= 15 is 0 Å². The van der Waals surface area contributed by atoms with Crippen LogP contribution in [-0.4, -0.2) is 25.9 Å². The van der Waals surface area contributed by atoms with Crippen molar-refractivity contribution in [2.45, 2.75) is 13.0 Å². The Labute approximate surface area is 112 Å². The van der Waals surface area contributed by atoms with Crippen LogP contribution in [0.25, 0.3) is 0 Å². The number of benzene rings is 1. The highest BCUT2D eigenvalue weighted by Gasteiger charge is 2.15. The molecule has 1 aromatic rings. The van der Waals surface area contributed by atoms with Crippen molar-refractivity contribution in [1.82, 2.24) is 4.72 Å². The molecule has 0 spiro atoms. The van der Waals surface area contributed by atoms with Crippen LogP contribution < -0.4 is 4.72 Å². The molecular weight excluding hydrogens is 264 g/mol. The highest BCUT2D eigenvalue weighted by Crippen LogP contribution is 2.14. The second-order valence-corrected chi connectivity index (χ2v) is 5.60. The quantitative estimate of drug-likeness (QED) is 0.786. The van der Waals surface area contributed by atoms with Gasteiger partial charge in [0.05, 0.1) is 6.07 Å². The van der Waals surface area contributed by atoms with E-state index in [-0.39, 0.29) is 6.61 Å². The second kappa shape index (κ2) is 6.91. The summed E-state index contributed by atoms with van der Waals surface area (Å²) in [4.78, 5) is 0. The lowest BCUT2D eigenvalue weighted by molar-refractivity contribution is 0.350. The van der Waals surface area contributed by atoms with E-state index in [4.69, 9.17) is 10.4 Å². The Hall–Kier alpha value is -1.86. The Morgan fingerprint density at radius 2 is 2.21 bits per heavy atom. The van der Waals surface area contributed by atoms with Crippen molar-refractivity contribution in [2.75, 3.05) is 12.4 Å². The number of nitrogens with zero attached hydrogens (tertiary/aromatic N) is 1. The summed E-state index contributed by atoms with van der Waals surface area (Å²) < 4.78 is 25.4. The summed E-state index contributed by atoms with van der Waals surface area (Å²) in [6, 6.07) is 8.18. The Morgan fingerprint density at radius 3 is 2.84 bits per heavy atom. The second-order valence-electron chi connectivity index (χ2n) is 3.84. The predicted molar refractivity (Wildman–Crippen MR) is 71.4 cm³/mol. The van der Waals surface area contributed by atoms with Crippen molar-refractivity contribution >= 4 is 10.0 Å². The lowest BCUT2D eigenvalue weighted by Gasteiger charge is -2.13. The highest BCUT2D eigenvalue weighted by molar-refractivity contribution is 7.89. The lowest BCUT2D eigenvalue weighted by atomic mass is 10.1. The third kappa shape index (κ3) is 5.11. The summed E-state index contributed by atoms with van der Waals surface area (Å²) >= 11 is 0. The van der Waals surface area contributed by atoms with Gasteiger partial charge in [-0.05, 0) is 24.6 Å². The molecule has 0 saturated heterocycles. The van der Waals surface area contributed by atoms with Crippen LogP contribution in [0.4, 0.5) is 0 Å². The van der Waals surface area contributed by atoms with Crippen LogP contribution in [0.2, 0.25) is 0 Å². The van der Waals surface area contributed by atoms with Gasteiger partial charge < -0.3 is 5.11 Å². The molecule has 1 atom stereocenters. The van der Waals surface area contributed by atoms with Crippen molar-refractivity contribution in [2.24, 2.45) is 0 Å². The van der Waals surface area contributed by atoms with Crippen LogP contribution in [0.1, 0.15) is 24.1 Å². The summed E-state index contributed by atoms with van der Waals surface area (Å²) in [6.07, 6.45) is 0. The first kappa shape index (κ1) is 15.2. The number of hydrogen-bond acceptors (Lipinski definition) is 4. The molecule has 0 heterocycles.